The molecule has 3 rings (SSSR count). The second kappa shape index (κ2) is 12.3. The Balaban J connectivity index is 0.000000638. The van der Waals surface area contributed by atoms with E-state index in [9.17, 15) is 41.1 Å². The fraction of sp³-hybridized carbons (Fsp3) is 0.182. The van der Waals surface area contributed by atoms with Gasteiger partial charge in [-0.3, -0.25) is 18.8 Å². The fourth-order valence-corrected chi connectivity index (χ4v) is 4.07. The van der Waals surface area contributed by atoms with Gasteiger partial charge in [0.1, 0.15) is 11.6 Å². The molecule has 0 aliphatic heterocycles. The maximum Gasteiger partial charge on any atom is 0.490 e. The van der Waals surface area contributed by atoms with E-state index in [0.29, 0.717) is 11.1 Å². The summed E-state index contributed by atoms with van der Waals surface area (Å²) in [6.45, 7) is -0.355. The number of aromatic nitrogens is 1. The molecule has 1 aromatic carbocycles. The van der Waals surface area contributed by atoms with Crippen LogP contribution in [-0.2, 0) is 26.2 Å². The van der Waals surface area contributed by atoms with Crippen LogP contribution < -0.4 is 21.3 Å². The van der Waals surface area contributed by atoms with Gasteiger partial charge in [-0.15, -0.1) is 0 Å². The van der Waals surface area contributed by atoms with Crippen molar-refractivity contribution in [1.82, 2.24) is 14.4 Å². The van der Waals surface area contributed by atoms with Gasteiger partial charge in [-0.25, -0.2) is 13.2 Å². The summed E-state index contributed by atoms with van der Waals surface area (Å²) >= 11 is 0. The Labute approximate surface area is 212 Å². The van der Waals surface area contributed by atoms with Gasteiger partial charge in [-0.2, -0.15) is 17.9 Å². The zero-order valence-electron chi connectivity index (χ0n) is 19.2. The molecule has 6 N–H and O–H groups in total. The normalized spacial score (nSPS) is 12.2. The number of benzene rings is 1. The summed E-state index contributed by atoms with van der Waals surface area (Å²) in [4.78, 5) is 45.5. The van der Waals surface area contributed by atoms with Crippen LogP contribution in [-0.4, -0.2) is 59.6 Å². The predicted molar refractivity (Wildman–Crippen MR) is 126 cm³/mol. The Hall–Kier alpha value is -4.28. The van der Waals surface area contributed by atoms with E-state index >= 15 is 0 Å². The van der Waals surface area contributed by atoms with Gasteiger partial charge >= 0.3 is 18.1 Å². The number of aliphatic carboxylic acids is 2. The Morgan fingerprint density at radius 1 is 1.00 bits per heavy atom. The number of pyridine rings is 2. The summed E-state index contributed by atoms with van der Waals surface area (Å²) in [5.74, 6) is -5.07. The lowest BCUT2D eigenvalue weighted by Gasteiger charge is -2.15. The lowest BCUT2D eigenvalue weighted by atomic mass is 10.2. The zero-order chi connectivity index (χ0) is 28.7. The van der Waals surface area contributed by atoms with E-state index in [0.717, 1.165) is 0 Å². The minimum absolute atomic E-state index is 0.115. The highest BCUT2D eigenvalue weighted by molar-refractivity contribution is 7.89. The molecule has 204 valence electrons. The molecule has 1 atom stereocenters. The van der Waals surface area contributed by atoms with Crippen LogP contribution in [0.25, 0.3) is 5.52 Å². The number of halogens is 3. The van der Waals surface area contributed by atoms with Gasteiger partial charge in [0.05, 0.1) is 4.90 Å². The van der Waals surface area contributed by atoms with Crippen molar-refractivity contribution in [1.29, 1.82) is 0 Å². The second-order valence-corrected chi connectivity index (χ2v) is 9.14. The Morgan fingerprint density at radius 2 is 1.58 bits per heavy atom. The van der Waals surface area contributed by atoms with Crippen molar-refractivity contribution < 1.29 is 46.2 Å². The largest absolute Gasteiger partial charge is 0.490 e. The van der Waals surface area contributed by atoms with Gasteiger partial charge in [-0.05, 0) is 35.9 Å². The summed E-state index contributed by atoms with van der Waals surface area (Å²) in [5.41, 5.74) is 6.00. The number of nitrogens with zero attached hydrogens (tertiary/aromatic N) is 1. The first-order chi connectivity index (χ1) is 17.7. The molecule has 0 aliphatic rings. The molecule has 38 heavy (non-hydrogen) atoms. The second-order valence-electron chi connectivity index (χ2n) is 7.43. The molecule has 0 saturated heterocycles. The van der Waals surface area contributed by atoms with Gasteiger partial charge in [0.2, 0.25) is 10.0 Å². The van der Waals surface area contributed by atoms with Crippen molar-refractivity contribution in [2.75, 3.05) is 6.54 Å². The summed E-state index contributed by atoms with van der Waals surface area (Å²) < 4.78 is 59.8. The standard InChI is InChI=1S/C20H20N4O6S.C2HF3O2/c21-10-13-6-7-14-8-9-16(19(26)24(14)12-13)18(25)22-11-17(20(27)28)23-31(29,30)15-4-2-1-3-5-15;3-2(4,5)1(6)7/h1-9,12,17,23H,10-11,21H2,(H,22,25)(H,27,28);(H,6,7). The van der Waals surface area contributed by atoms with Crippen LogP contribution >= 0.6 is 0 Å². The number of carbonyl (C=O) groups excluding carboxylic acids is 1. The summed E-state index contributed by atoms with van der Waals surface area (Å²) in [5, 5.41) is 18.8. The number of carboxylic acids is 2. The van der Waals surface area contributed by atoms with Crippen molar-refractivity contribution >= 4 is 33.4 Å². The van der Waals surface area contributed by atoms with Crippen LogP contribution in [0.5, 0.6) is 0 Å². The molecule has 1 unspecified atom stereocenters. The summed E-state index contributed by atoms with van der Waals surface area (Å²) in [6.07, 6.45) is -3.57. The first-order valence-electron chi connectivity index (χ1n) is 10.4. The third-order valence-corrected chi connectivity index (χ3v) is 6.24. The molecule has 3 aromatic rings. The molecule has 0 spiro atoms. The molecule has 0 saturated carbocycles. The first-order valence-corrected chi connectivity index (χ1v) is 11.9. The molecule has 0 bridgehead atoms. The number of sulfonamides is 1. The topological polar surface area (TPSA) is 197 Å². The SMILES string of the molecule is NCc1ccc2ccc(C(=O)NCC(NS(=O)(=O)c3ccccc3)C(=O)O)c(=O)n2c1.O=C(O)C(F)(F)F. The van der Waals surface area contributed by atoms with Crippen molar-refractivity contribution in [3.8, 4) is 0 Å². The van der Waals surface area contributed by atoms with Gasteiger partial charge < -0.3 is 21.3 Å². The van der Waals surface area contributed by atoms with Crippen molar-refractivity contribution in [2.24, 2.45) is 5.73 Å². The maximum absolute atomic E-state index is 12.7. The maximum atomic E-state index is 12.7. The van der Waals surface area contributed by atoms with Crippen molar-refractivity contribution in [3.05, 3.63) is 82.3 Å². The molecule has 0 fully saturated rings. The summed E-state index contributed by atoms with van der Waals surface area (Å²) in [6, 6.07) is 11.9. The van der Waals surface area contributed by atoms with Crippen LogP contribution in [0.15, 0.2) is 70.5 Å². The lowest BCUT2D eigenvalue weighted by molar-refractivity contribution is -0.192. The van der Waals surface area contributed by atoms with Crippen LogP contribution in [0.1, 0.15) is 15.9 Å². The van der Waals surface area contributed by atoms with Crippen LogP contribution in [0, 0.1) is 0 Å². The molecule has 16 heteroatoms. The van der Waals surface area contributed by atoms with E-state index in [1.807, 2.05) is 4.72 Å². The Kier molecular flexibility index (Phi) is 9.70. The third-order valence-electron chi connectivity index (χ3n) is 4.75. The molecule has 0 aliphatic carbocycles. The number of carboxylic acid groups (broad SMARTS) is 2. The number of fused-ring (bicyclic) bond motifs is 1. The van der Waals surface area contributed by atoms with E-state index in [-0.39, 0.29) is 17.0 Å². The van der Waals surface area contributed by atoms with E-state index in [4.69, 9.17) is 15.6 Å². The predicted octanol–water partition coefficient (Wildman–Crippen LogP) is 0.553. The molecule has 2 aromatic heterocycles. The molecular formula is C22H21F3N4O8S. The van der Waals surface area contributed by atoms with Crippen LogP contribution in [0.4, 0.5) is 13.2 Å². The number of carbonyl (C=O) groups is 3. The molecule has 12 nitrogen and oxygen atoms in total. The molecule has 1 amide bonds. The number of hydrogen-bond acceptors (Lipinski definition) is 7. The monoisotopic (exact) mass is 558 g/mol. The molecule has 0 radical (unpaired) electrons. The number of nitrogens with two attached hydrogens (primary N) is 1. The minimum Gasteiger partial charge on any atom is -0.480 e. The highest BCUT2D eigenvalue weighted by Gasteiger charge is 2.38. The van der Waals surface area contributed by atoms with Crippen molar-refractivity contribution in [3.63, 3.8) is 0 Å². The zero-order valence-corrected chi connectivity index (χ0v) is 20.0. The Bertz CT molecular complexity index is 1490. The first kappa shape index (κ1) is 29.9. The molecular weight excluding hydrogens is 537 g/mol. The highest BCUT2D eigenvalue weighted by Crippen LogP contribution is 2.13. The van der Waals surface area contributed by atoms with Gasteiger partial charge in [0.15, 0.2) is 0 Å². The number of nitrogens with one attached hydrogen (secondary N) is 2. The van der Waals surface area contributed by atoms with Gasteiger partial charge in [0.25, 0.3) is 11.5 Å². The van der Waals surface area contributed by atoms with E-state index in [2.05, 4.69) is 5.32 Å². The van der Waals surface area contributed by atoms with Gasteiger partial charge in [0, 0.05) is 24.8 Å². The lowest BCUT2D eigenvalue weighted by Crippen LogP contribution is -2.48. The number of rotatable bonds is 8. The van der Waals surface area contributed by atoms with Crippen molar-refractivity contribution in [2.45, 2.75) is 23.7 Å². The average molecular weight is 558 g/mol. The average Bonchev–Trinajstić information content (AvgIpc) is 2.86. The van der Waals surface area contributed by atoms with E-state index < -0.39 is 52.2 Å². The minimum atomic E-state index is -5.08. The number of alkyl halides is 3. The Morgan fingerprint density at radius 3 is 2.11 bits per heavy atom. The van der Waals surface area contributed by atoms with Crippen LogP contribution in [0.3, 0.4) is 0 Å². The van der Waals surface area contributed by atoms with E-state index in [1.54, 1.807) is 24.3 Å². The van der Waals surface area contributed by atoms with E-state index in [1.165, 1.54) is 40.9 Å². The summed E-state index contributed by atoms with van der Waals surface area (Å²) in [7, 11) is -4.12. The highest BCUT2D eigenvalue weighted by atomic mass is 32.2. The fourth-order valence-electron chi connectivity index (χ4n) is 2.86. The number of amides is 1. The van der Waals surface area contributed by atoms with Crippen LogP contribution in [0.2, 0.25) is 0 Å². The third kappa shape index (κ3) is 7.86. The quantitative estimate of drug-likeness (QED) is 0.262. The van der Waals surface area contributed by atoms with Gasteiger partial charge in [-0.1, -0.05) is 24.3 Å². The number of hydrogen-bond donors (Lipinski definition) is 5. The smallest absolute Gasteiger partial charge is 0.480 e. The molecule has 2 heterocycles.